The predicted molar refractivity (Wildman–Crippen MR) is 92.9 cm³/mol. The smallest absolute Gasteiger partial charge is 0.250 e. The van der Waals surface area contributed by atoms with Crippen molar-refractivity contribution in [3.05, 3.63) is 82.4 Å². The van der Waals surface area contributed by atoms with Crippen LogP contribution in [-0.2, 0) is 13.1 Å². The third-order valence-corrected chi connectivity index (χ3v) is 4.57. The number of nitrogens with zero attached hydrogens (tertiary/aromatic N) is 4. The van der Waals surface area contributed by atoms with Crippen LogP contribution in [0.2, 0.25) is 0 Å². The Morgan fingerprint density at radius 1 is 1.08 bits per heavy atom. The molecule has 0 amide bonds. The second-order valence-electron chi connectivity index (χ2n) is 6.33. The number of hydrogen-bond donors (Lipinski definition) is 0. The molecule has 1 aromatic carbocycles. The molecule has 1 aliphatic heterocycles. The molecule has 1 saturated heterocycles. The van der Waals surface area contributed by atoms with Gasteiger partial charge in [0.15, 0.2) is 5.82 Å². The van der Waals surface area contributed by atoms with Crippen molar-refractivity contribution >= 4 is 0 Å². The normalized spacial score (nSPS) is 17.8. The zero-order valence-electron chi connectivity index (χ0n) is 13.9. The van der Waals surface area contributed by atoms with Crippen molar-refractivity contribution in [2.24, 2.45) is 0 Å². The summed E-state index contributed by atoms with van der Waals surface area (Å²) < 4.78 is 7.08. The summed E-state index contributed by atoms with van der Waals surface area (Å²) in [5.41, 5.74) is 1.21. The molecule has 1 atom stereocenters. The Kier molecular flexibility index (Phi) is 4.43. The lowest BCUT2D eigenvalue weighted by Crippen LogP contribution is -2.23. The van der Waals surface area contributed by atoms with Crippen LogP contribution in [0.4, 0.5) is 0 Å². The van der Waals surface area contributed by atoms with Gasteiger partial charge >= 0.3 is 0 Å². The maximum atomic E-state index is 11.8. The Balaban J connectivity index is 1.49. The van der Waals surface area contributed by atoms with E-state index in [-0.39, 0.29) is 11.6 Å². The minimum Gasteiger partial charge on any atom is -0.338 e. The van der Waals surface area contributed by atoms with Crippen LogP contribution in [0.3, 0.4) is 0 Å². The SMILES string of the molecule is O=c1ccccn1Cc1noc(C2CCCN2Cc2ccccc2)n1. The number of rotatable bonds is 5. The second-order valence-corrected chi connectivity index (χ2v) is 6.33. The minimum absolute atomic E-state index is 0.0691. The molecule has 1 fully saturated rings. The molecule has 3 heterocycles. The summed E-state index contributed by atoms with van der Waals surface area (Å²) in [4.78, 5) is 18.7. The van der Waals surface area contributed by atoms with Gasteiger partial charge in [0.1, 0.15) is 0 Å². The molecule has 25 heavy (non-hydrogen) atoms. The molecule has 0 N–H and O–H groups in total. The number of likely N-dealkylation sites (tertiary alicyclic amines) is 1. The average molecular weight is 336 g/mol. The molecule has 128 valence electrons. The molecule has 0 spiro atoms. The van der Waals surface area contributed by atoms with E-state index >= 15 is 0 Å². The first-order valence-electron chi connectivity index (χ1n) is 8.55. The lowest BCUT2D eigenvalue weighted by molar-refractivity contribution is 0.201. The Morgan fingerprint density at radius 3 is 2.76 bits per heavy atom. The van der Waals surface area contributed by atoms with E-state index in [0.29, 0.717) is 18.3 Å². The third kappa shape index (κ3) is 3.53. The van der Waals surface area contributed by atoms with Gasteiger partial charge in [0.2, 0.25) is 5.89 Å². The largest absolute Gasteiger partial charge is 0.338 e. The van der Waals surface area contributed by atoms with Gasteiger partial charge in [-0.25, -0.2) is 0 Å². The van der Waals surface area contributed by atoms with Crippen molar-refractivity contribution in [2.75, 3.05) is 6.54 Å². The summed E-state index contributed by atoms with van der Waals surface area (Å²) in [7, 11) is 0. The summed E-state index contributed by atoms with van der Waals surface area (Å²) >= 11 is 0. The van der Waals surface area contributed by atoms with E-state index in [2.05, 4.69) is 39.3 Å². The monoisotopic (exact) mass is 336 g/mol. The molecule has 0 saturated carbocycles. The van der Waals surface area contributed by atoms with Crippen molar-refractivity contribution in [3.63, 3.8) is 0 Å². The van der Waals surface area contributed by atoms with Crippen LogP contribution in [0.1, 0.15) is 36.2 Å². The van der Waals surface area contributed by atoms with Crippen LogP contribution in [0.5, 0.6) is 0 Å². The van der Waals surface area contributed by atoms with Crippen LogP contribution in [0.15, 0.2) is 64.0 Å². The fourth-order valence-corrected chi connectivity index (χ4v) is 3.32. The number of hydrogen-bond acceptors (Lipinski definition) is 5. The quantitative estimate of drug-likeness (QED) is 0.717. The van der Waals surface area contributed by atoms with Crippen LogP contribution in [0, 0.1) is 0 Å². The zero-order valence-corrected chi connectivity index (χ0v) is 13.9. The van der Waals surface area contributed by atoms with E-state index in [9.17, 15) is 4.79 Å². The summed E-state index contributed by atoms with van der Waals surface area (Å²) in [5.74, 6) is 1.18. The van der Waals surface area contributed by atoms with Crippen LogP contribution < -0.4 is 5.56 Å². The summed E-state index contributed by atoms with van der Waals surface area (Å²) in [6.07, 6.45) is 3.86. The van der Waals surface area contributed by atoms with Gasteiger partial charge in [-0.05, 0) is 31.0 Å². The van der Waals surface area contributed by atoms with E-state index in [0.717, 1.165) is 25.9 Å². The summed E-state index contributed by atoms with van der Waals surface area (Å²) in [6, 6.07) is 15.6. The van der Waals surface area contributed by atoms with Crippen molar-refractivity contribution < 1.29 is 4.52 Å². The highest BCUT2D eigenvalue weighted by atomic mass is 16.5. The van der Waals surface area contributed by atoms with E-state index in [4.69, 9.17) is 4.52 Å². The topological polar surface area (TPSA) is 64.2 Å². The average Bonchev–Trinajstić information content (AvgIpc) is 3.27. The highest BCUT2D eigenvalue weighted by Crippen LogP contribution is 2.32. The van der Waals surface area contributed by atoms with Crippen LogP contribution in [-0.4, -0.2) is 26.2 Å². The van der Waals surface area contributed by atoms with Gasteiger partial charge in [-0.3, -0.25) is 9.69 Å². The van der Waals surface area contributed by atoms with Gasteiger partial charge in [0, 0.05) is 18.8 Å². The van der Waals surface area contributed by atoms with Gasteiger partial charge in [-0.2, -0.15) is 4.98 Å². The fraction of sp³-hybridized carbons (Fsp3) is 0.316. The molecule has 0 radical (unpaired) electrons. The van der Waals surface area contributed by atoms with Crippen LogP contribution >= 0.6 is 0 Å². The Hall–Kier alpha value is -2.73. The fourth-order valence-electron chi connectivity index (χ4n) is 3.32. The first-order chi connectivity index (χ1) is 12.3. The van der Waals surface area contributed by atoms with Crippen LogP contribution in [0.25, 0.3) is 0 Å². The molecule has 3 aromatic rings. The standard InChI is InChI=1S/C19H20N4O2/c24-18-10-4-5-11-23(18)14-17-20-19(25-21-17)16-9-6-12-22(16)13-15-7-2-1-3-8-15/h1-5,7-8,10-11,16H,6,9,12-14H2. The molecule has 0 aliphatic carbocycles. The van der Waals surface area contributed by atoms with E-state index in [1.807, 2.05) is 12.1 Å². The molecule has 4 rings (SSSR count). The van der Waals surface area contributed by atoms with Gasteiger partial charge in [-0.15, -0.1) is 0 Å². The number of aromatic nitrogens is 3. The van der Waals surface area contributed by atoms with Gasteiger partial charge in [0.05, 0.1) is 12.6 Å². The molecular weight excluding hydrogens is 316 g/mol. The first-order valence-corrected chi connectivity index (χ1v) is 8.55. The molecule has 6 heteroatoms. The Morgan fingerprint density at radius 2 is 1.92 bits per heavy atom. The van der Waals surface area contributed by atoms with Gasteiger partial charge in [-0.1, -0.05) is 41.6 Å². The predicted octanol–water partition coefficient (Wildman–Crippen LogP) is 2.62. The number of pyridine rings is 1. The van der Waals surface area contributed by atoms with Crippen molar-refractivity contribution in [3.8, 4) is 0 Å². The summed E-state index contributed by atoms with van der Waals surface area (Å²) in [5, 5.41) is 4.07. The van der Waals surface area contributed by atoms with E-state index < -0.39 is 0 Å². The van der Waals surface area contributed by atoms with Crippen molar-refractivity contribution in [1.29, 1.82) is 0 Å². The van der Waals surface area contributed by atoms with Gasteiger partial charge in [0.25, 0.3) is 5.56 Å². The minimum atomic E-state index is -0.0691. The number of benzene rings is 1. The highest BCUT2D eigenvalue weighted by molar-refractivity contribution is 5.15. The molecule has 2 aromatic heterocycles. The molecule has 6 nitrogen and oxygen atoms in total. The maximum Gasteiger partial charge on any atom is 0.250 e. The molecule has 1 aliphatic rings. The Bertz CT molecular complexity index is 887. The van der Waals surface area contributed by atoms with Crippen molar-refractivity contribution in [1.82, 2.24) is 19.6 Å². The first kappa shape index (κ1) is 15.8. The third-order valence-electron chi connectivity index (χ3n) is 4.57. The lowest BCUT2D eigenvalue weighted by atomic mass is 10.2. The van der Waals surface area contributed by atoms with E-state index in [1.54, 1.807) is 16.8 Å². The Labute approximate surface area is 145 Å². The van der Waals surface area contributed by atoms with E-state index in [1.165, 1.54) is 11.6 Å². The zero-order chi connectivity index (χ0) is 17.1. The molecule has 1 unspecified atom stereocenters. The van der Waals surface area contributed by atoms with Gasteiger partial charge < -0.3 is 9.09 Å². The summed E-state index contributed by atoms with van der Waals surface area (Å²) in [6.45, 7) is 2.23. The highest BCUT2D eigenvalue weighted by Gasteiger charge is 2.30. The lowest BCUT2D eigenvalue weighted by Gasteiger charge is -2.21. The maximum absolute atomic E-state index is 11.8. The molecular formula is C19H20N4O2. The molecule has 0 bridgehead atoms. The second kappa shape index (κ2) is 7.03. The van der Waals surface area contributed by atoms with Crippen molar-refractivity contribution in [2.45, 2.75) is 32.0 Å².